The second-order valence-corrected chi connectivity index (χ2v) is 4.07. The van der Waals surface area contributed by atoms with Gasteiger partial charge in [-0.3, -0.25) is 0 Å². The monoisotopic (exact) mass is 224 g/mol. The minimum absolute atomic E-state index is 0.514. The molecule has 1 aromatic carbocycles. The first-order valence-corrected chi connectivity index (χ1v) is 5.93. The molecule has 0 aliphatic carbocycles. The zero-order valence-corrected chi connectivity index (χ0v) is 9.29. The van der Waals surface area contributed by atoms with Crippen LogP contribution in [0.2, 0.25) is 0 Å². The van der Waals surface area contributed by atoms with E-state index in [0.29, 0.717) is 5.69 Å². The summed E-state index contributed by atoms with van der Waals surface area (Å²) < 4.78 is 24.3. The number of anilines is 1. The average Bonchev–Trinajstić information content (AvgIpc) is 2.58. The number of rotatable bonds is 2. The number of fused-ring (bicyclic) bond motifs is 1. The standard InChI is InChI=1S/C10H12N2O2S/c1-2-12-6-5-8-7-9(11-15(13)14)3-4-10(8)12/h3-4,7H,2,5-6H2,1H3. The highest BCUT2D eigenvalue weighted by Gasteiger charge is 2.17. The van der Waals surface area contributed by atoms with Crippen LogP contribution in [0.3, 0.4) is 0 Å². The third-order valence-electron chi connectivity index (χ3n) is 2.62. The highest BCUT2D eigenvalue weighted by molar-refractivity contribution is 7.61. The predicted molar refractivity (Wildman–Crippen MR) is 59.0 cm³/mol. The highest BCUT2D eigenvalue weighted by atomic mass is 32.2. The lowest BCUT2D eigenvalue weighted by Crippen LogP contribution is -2.18. The summed E-state index contributed by atoms with van der Waals surface area (Å²) >= 11 is 0. The summed E-state index contributed by atoms with van der Waals surface area (Å²) in [6, 6.07) is 5.53. The van der Waals surface area contributed by atoms with Gasteiger partial charge < -0.3 is 4.90 Å². The molecule has 5 heteroatoms. The van der Waals surface area contributed by atoms with Gasteiger partial charge in [-0.2, -0.15) is 8.42 Å². The van der Waals surface area contributed by atoms with Crippen molar-refractivity contribution in [1.82, 2.24) is 0 Å². The minimum Gasteiger partial charge on any atom is -0.371 e. The first kappa shape index (κ1) is 10.2. The number of nitrogens with zero attached hydrogens (tertiary/aromatic N) is 2. The van der Waals surface area contributed by atoms with Gasteiger partial charge in [0.2, 0.25) is 0 Å². The fourth-order valence-electron chi connectivity index (χ4n) is 1.93. The number of hydrogen-bond donors (Lipinski definition) is 0. The summed E-state index contributed by atoms with van der Waals surface area (Å²) in [5.74, 6) is 0. The number of hydrogen-bond acceptors (Lipinski definition) is 4. The van der Waals surface area contributed by atoms with Crippen molar-refractivity contribution in [3.05, 3.63) is 23.8 Å². The van der Waals surface area contributed by atoms with Crippen LogP contribution in [0.5, 0.6) is 0 Å². The molecule has 0 N–H and O–H groups in total. The SMILES string of the molecule is CCN1CCc2cc(N=S(=O)=O)ccc21. The molecule has 2 rings (SSSR count). The Morgan fingerprint density at radius 3 is 2.93 bits per heavy atom. The molecule has 0 aromatic heterocycles. The summed E-state index contributed by atoms with van der Waals surface area (Å²) in [5.41, 5.74) is 2.90. The topological polar surface area (TPSA) is 49.7 Å². The van der Waals surface area contributed by atoms with Crippen LogP contribution in [0, 0.1) is 0 Å². The average molecular weight is 224 g/mol. The third kappa shape index (κ3) is 2.02. The van der Waals surface area contributed by atoms with E-state index in [-0.39, 0.29) is 0 Å². The highest BCUT2D eigenvalue weighted by Crippen LogP contribution is 2.30. The first-order chi connectivity index (χ1) is 7.20. The van der Waals surface area contributed by atoms with Gasteiger partial charge in [0.15, 0.2) is 0 Å². The lowest BCUT2D eigenvalue weighted by atomic mass is 10.1. The molecule has 0 radical (unpaired) electrons. The predicted octanol–water partition coefficient (Wildman–Crippen LogP) is 1.76. The Morgan fingerprint density at radius 1 is 1.47 bits per heavy atom. The maximum absolute atomic E-state index is 10.4. The Hall–Kier alpha value is -1.36. The normalized spacial score (nSPS) is 13.8. The van der Waals surface area contributed by atoms with Crippen molar-refractivity contribution < 1.29 is 8.42 Å². The zero-order chi connectivity index (χ0) is 10.8. The van der Waals surface area contributed by atoms with Crippen LogP contribution >= 0.6 is 0 Å². The summed E-state index contributed by atoms with van der Waals surface area (Å²) in [6.07, 6.45) is 0.970. The molecule has 0 unspecified atom stereocenters. The molecule has 0 bridgehead atoms. The molecule has 4 nitrogen and oxygen atoms in total. The second-order valence-electron chi connectivity index (χ2n) is 3.45. The lowest BCUT2D eigenvalue weighted by molar-refractivity contribution is 0.622. The largest absolute Gasteiger partial charge is 0.371 e. The molecule has 1 aromatic rings. The van der Waals surface area contributed by atoms with Crippen LogP contribution in [0.15, 0.2) is 22.6 Å². The van der Waals surface area contributed by atoms with Gasteiger partial charge in [0, 0.05) is 18.8 Å². The van der Waals surface area contributed by atoms with Gasteiger partial charge in [-0.15, -0.1) is 4.36 Å². The van der Waals surface area contributed by atoms with Gasteiger partial charge >= 0.3 is 10.5 Å². The molecule has 0 spiro atoms. The van der Waals surface area contributed by atoms with Crippen molar-refractivity contribution >= 4 is 21.9 Å². The van der Waals surface area contributed by atoms with E-state index >= 15 is 0 Å². The Labute approximate surface area is 90.2 Å². The van der Waals surface area contributed by atoms with Crippen molar-refractivity contribution in [2.45, 2.75) is 13.3 Å². The molecular weight excluding hydrogens is 212 g/mol. The van der Waals surface area contributed by atoms with Gasteiger partial charge in [-0.05, 0) is 37.1 Å². The molecular formula is C10H12N2O2S. The van der Waals surface area contributed by atoms with E-state index in [1.54, 1.807) is 6.07 Å². The number of likely N-dealkylation sites (N-methyl/N-ethyl adjacent to an activating group) is 1. The van der Waals surface area contributed by atoms with E-state index < -0.39 is 10.5 Å². The summed E-state index contributed by atoms with van der Waals surface area (Å²) in [6.45, 7) is 4.10. The molecule has 0 saturated carbocycles. The Morgan fingerprint density at radius 2 is 2.27 bits per heavy atom. The maximum Gasteiger partial charge on any atom is 0.316 e. The molecule has 0 fully saturated rings. The van der Waals surface area contributed by atoms with Crippen molar-refractivity contribution in [3.8, 4) is 0 Å². The van der Waals surface area contributed by atoms with E-state index in [4.69, 9.17) is 0 Å². The third-order valence-corrected chi connectivity index (χ3v) is 2.98. The fraction of sp³-hybridized carbons (Fsp3) is 0.400. The summed E-state index contributed by atoms with van der Waals surface area (Å²) in [7, 11) is -2.36. The van der Waals surface area contributed by atoms with Crippen molar-refractivity contribution in [2.24, 2.45) is 4.36 Å². The Kier molecular flexibility index (Phi) is 2.73. The first-order valence-electron chi connectivity index (χ1n) is 4.89. The zero-order valence-electron chi connectivity index (χ0n) is 8.47. The van der Waals surface area contributed by atoms with Crippen LogP contribution in [0.25, 0.3) is 0 Å². The molecule has 1 aliphatic heterocycles. The van der Waals surface area contributed by atoms with Gasteiger partial charge in [-0.1, -0.05) is 0 Å². The lowest BCUT2D eigenvalue weighted by Gasteiger charge is -2.16. The molecule has 1 aliphatic rings. The van der Waals surface area contributed by atoms with Gasteiger partial charge in [0.1, 0.15) is 0 Å². The molecule has 0 atom stereocenters. The van der Waals surface area contributed by atoms with Gasteiger partial charge in [-0.25, -0.2) is 0 Å². The van der Waals surface area contributed by atoms with Crippen LogP contribution in [0.1, 0.15) is 12.5 Å². The summed E-state index contributed by atoms with van der Waals surface area (Å²) in [5, 5.41) is 0. The van der Waals surface area contributed by atoms with Crippen molar-refractivity contribution in [1.29, 1.82) is 0 Å². The van der Waals surface area contributed by atoms with E-state index in [2.05, 4.69) is 16.2 Å². The summed E-state index contributed by atoms with van der Waals surface area (Å²) in [4.78, 5) is 2.27. The van der Waals surface area contributed by atoms with Crippen LogP contribution < -0.4 is 4.90 Å². The van der Waals surface area contributed by atoms with Crippen LogP contribution in [-0.4, -0.2) is 21.5 Å². The van der Waals surface area contributed by atoms with E-state index in [9.17, 15) is 8.42 Å². The fourth-order valence-corrected chi connectivity index (χ4v) is 2.21. The van der Waals surface area contributed by atoms with E-state index in [1.807, 2.05) is 12.1 Å². The van der Waals surface area contributed by atoms with Crippen molar-refractivity contribution in [3.63, 3.8) is 0 Å². The van der Waals surface area contributed by atoms with Crippen molar-refractivity contribution in [2.75, 3.05) is 18.0 Å². The molecule has 0 amide bonds. The Bertz CT molecular complexity index is 500. The van der Waals surface area contributed by atoms with Crippen LogP contribution in [-0.2, 0) is 16.9 Å². The second kappa shape index (κ2) is 4.02. The van der Waals surface area contributed by atoms with Gasteiger partial charge in [0.05, 0.1) is 5.69 Å². The molecule has 80 valence electrons. The molecule has 0 saturated heterocycles. The molecule has 15 heavy (non-hydrogen) atoms. The number of benzene rings is 1. The van der Waals surface area contributed by atoms with E-state index in [0.717, 1.165) is 19.5 Å². The maximum atomic E-state index is 10.4. The van der Waals surface area contributed by atoms with Crippen LogP contribution in [0.4, 0.5) is 11.4 Å². The van der Waals surface area contributed by atoms with Gasteiger partial charge in [0.25, 0.3) is 0 Å². The smallest absolute Gasteiger partial charge is 0.316 e. The van der Waals surface area contributed by atoms with E-state index in [1.165, 1.54) is 11.3 Å². The quantitative estimate of drug-likeness (QED) is 0.769. The minimum atomic E-state index is -2.36. The Balaban J connectivity index is 2.41. The molecule has 1 heterocycles.